The Morgan fingerprint density at radius 2 is 1.76 bits per heavy atom. The van der Waals surface area contributed by atoms with Gasteiger partial charge < -0.3 is 4.74 Å². The zero-order valence-electron chi connectivity index (χ0n) is 16.1. The molecule has 5 aliphatic rings. The van der Waals surface area contributed by atoms with E-state index in [0.717, 1.165) is 23.7 Å². The zero-order valence-corrected chi connectivity index (χ0v) is 16.1. The second-order valence-electron chi connectivity index (χ2n) is 10.4. The van der Waals surface area contributed by atoms with Gasteiger partial charge in [0, 0.05) is 6.08 Å². The van der Waals surface area contributed by atoms with Gasteiger partial charge in [-0.15, -0.1) is 0 Å². The van der Waals surface area contributed by atoms with Crippen molar-refractivity contribution in [2.45, 2.75) is 78.1 Å². The van der Waals surface area contributed by atoms with E-state index in [4.69, 9.17) is 4.74 Å². The molecule has 0 radical (unpaired) electrons. The molecular formula is C23H34O2. The van der Waals surface area contributed by atoms with Crippen LogP contribution in [-0.4, -0.2) is 12.6 Å². The molecule has 0 N–H and O–H groups in total. The number of esters is 1. The minimum atomic E-state index is -0.106. The van der Waals surface area contributed by atoms with Gasteiger partial charge in [-0.25, -0.2) is 4.79 Å². The predicted octanol–water partition coefficient (Wildman–Crippen LogP) is 5.52. The van der Waals surface area contributed by atoms with Gasteiger partial charge in [0.15, 0.2) is 0 Å². The van der Waals surface area contributed by atoms with Crippen molar-refractivity contribution in [1.29, 1.82) is 0 Å². The maximum absolute atomic E-state index is 11.6. The minimum absolute atomic E-state index is 0.106. The first-order valence-corrected chi connectivity index (χ1v) is 10.9. The number of rotatable bonds is 1. The molecule has 1 unspecified atom stereocenters. The van der Waals surface area contributed by atoms with E-state index in [1.807, 2.05) is 6.08 Å². The summed E-state index contributed by atoms with van der Waals surface area (Å²) >= 11 is 0. The summed E-state index contributed by atoms with van der Waals surface area (Å²) in [5, 5.41) is 0. The third-order valence-corrected chi connectivity index (χ3v) is 9.72. The van der Waals surface area contributed by atoms with E-state index < -0.39 is 0 Å². The van der Waals surface area contributed by atoms with Crippen LogP contribution < -0.4 is 0 Å². The molecule has 4 fully saturated rings. The van der Waals surface area contributed by atoms with Crippen LogP contribution in [0.3, 0.4) is 0 Å². The highest BCUT2D eigenvalue weighted by molar-refractivity contribution is 5.85. The summed E-state index contributed by atoms with van der Waals surface area (Å²) in [5.74, 6) is 4.30. The molecule has 0 amide bonds. The Balaban J connectivity index is 1.43. The lowest BCUT2D eigenvalue weighted by molar-refractivity contribution is -0.135. The average molecular weight is 343 g/mol. The van der Waals surface area contributed by atoms with Crippen molar-refractivity contribution in [3.05, 3.63) is 11.6 Å². The lowest BCUT2D eigenvalue weighted by Crippen LogP contribution is -2.52. The molecule has 1 aliphatic heterocycles. The zero-order chi connectivity index (χ0) is 17.2. The molecule has 2 heteroatoms. The van der Waals surface area contributed by atoms with Crippen LogP contribution in [0.25, 0.3) is 0 Å². The quantitative estimate of drug-likeness (QED) is 0.587. The van der Waals surface area contributed by atoms with Crippen molar-refractivity contribution in [3.8, 4) is 0 Å². The normalized spacial score (nSPS) is 52.0. The standard InChI is InChI=1S/C23H34O2/c1-22-11-4-3-5-16(22)6-7-17-19-9-8-18(15-13-21(24)25-14-15)23(19,2)12-10-20(17)22/h13,16-20H,3-12,14H2,1-2H3/t16?,17-,18+,19+,20-,22-,23+/m0/s1. The first kappa shape index (κ1) is 16.4. The Kier molecular flexibility index (Phi) is 3.67. The monoisotopic (exact) mass is 342 g/mol. The highest BCUT2D eigenvalue weighted by Gasteiger charge is 2.60. The molecule has 138 valence electrons. The molecule has 0 saturated heterocycles. The molecule has 0 aromatic carbocycles. The molecule has 4 saturated carbocycles. The fraction of sp³-hybridized carbons (Fsp3) is 0.870. The fourth-order valence-electron chi connectivity index (χ4n) is 8.49. The smallest absolute Gasteiger partial charge is 0.331 e. The van der Waals surface area contributed by atoms with Gasteiger partial charge in [0.1, 0.15) is 6.61 Å². The number of fused-ring (bicyclic) bond motifs is 5. The molecule has 25 heavy (non-hydrogen) atoms. The Labute approximate surface area is 152 Å². The molecular weight excluding hydrogens is 308 g/mol. The van der Waals surface area contributed by atoms with Gasteiger partial charge in [0.25, 0.3) is 0 Å². The summed E-state index contributed by atoms with van der Waals surface area (Å²) < 4.78 is 5.26. The Morgan fingerprint density at radius 1 is 0.920 bits per heavy atom. The summed E-state index contributed by atoms with van der Waals surface area (Å²) in [6.45, 7) is 5.79. The van der Waals surface area contributed by atoms with Crippen LogP contribution in [0.2, 0.25) is 0 Å². The molecule has 1 heterocycles. The number of ether oxygens (including phenoxy) is 1. The highest BCUT2D eigenvalue weighted by Crippen LogP contribution is 2.68. The summed E-state index contributed by atoms with van der Waals surface area (Å²) in [5.41, 5.74) is 2.36. The van der Waals surface area contributed by atoms with E-state index in [1.54, 1.807) is 0 Å². The minimum Gasteiger partial charge on any atom is -0.458 e. The van der Waals surface area contributed by atoms with Gasteiger partial charge >= 0.3 is 5.97 Å². The number of hydrogen-bond donors (Lipinski definition) is 0. The van der Waals surface area contributed by atoms with Crippen molar-refractivity contribution in [1.82, 2.24) is 0 Å². The summed E-state index contributed by atoms with van der Waals surface area (Å²) in [4.78, 5) is 11.6. The number of carbonyl (C=O) groups excluding carboxylic acids is 1. The van der Waals surface area contributed by atoms with Crippen molar-refractivity contribution < 1.29 is 9.53 Å². The van der Waals surface area contributed by atoms with Crippen LogP contribution in [0.15, 0.2) is 11.6 Å². The highest BCUT2D eigenvalue weighted by atomic mass is 16.5. The van der Waals surface area contributed by atoms with Gasteiger partial charge in [0.05, 0.1) is 0 Å². The molecule has 0 aromatic rings. The molecule has 0 bridgehead atoms. The van der Waals surface area contributed by atoms with Crippen molar-refractivity contribution in [3.63, 3.8) is 0 Å². The summed E-state index contributed by atoms with van der Waals surface area (Å²) in [6, 6.07) is 0. The topological polar surface area (TPSA) is 26.3 Å². The molecule has 7 atom stereocenters. The van der Waals surface area contributed by atoms with Crippen LogP contribution in [0.5, 0.6) is 0 Å². The summed E-state index contributed by atoms with van der Waals surface area (Å²) in [7, 11) is 0. The lowest BCUT2D eigenvalue weighted by Gasteiger charge is -2.60. The SMILES string of the molecule is C[C@]12CC[C@H]3[C@@H](CCC4CCCC[C@@]43C)[C@H]1CC[C@@H]2C1=CC(=O)OC1. The van der Waals surface area contributed by atoms with Gasteiger partial charge in [-0.2, -0.15) is 0 Å². The van der Waals surface area contributed by atoms with Crippen LogP contribution >= 0.6 is 0 Å². The second-order valence-corrected chi connectivity index (χ2v) is 10.4. The average Bonchev–Trinajstić information content (AvgIpc) is 3.16. The predicted molar refractivity (Wildman–Crippen MR) is 98.9 cm³/mol. The fourth-order valence-corrected chi connectivity index (χ4v) is 8.49. The van der Waals surface area contributed by atoms with E-state index in [2.05, 4.69) is 13.8 Å². The molecule has 0 aromatic heterocycles. The van der Waals surface area contributed by atoms with Crippen LogP contribution in [0.1, 0.15) is 78.1 Å². The third-order valence-electron chi connectivity index (χ3n) is 9.72. The first-order chi connectivity index (χ1) is 12.0. The summed E-state index contributed by atoms with van der Waals surface area (Å²) in [6.07, 6.45) is 16.2. The Bertz CT molecular complexity index is 607. The van der Waals surface area contributed by atoms with E-state index in [9.17, 15) is 4.79 Å². The van der Waals surface area contributed by atoms with Crippen molar-refractivity contribution >= 4 is 5.97 Å². The molecule has 2 nitrogen and oxygen atoms in total. The largest absolute Gasteiger partial charge is 0.458 e. The van der Waals surface area contributed by atoms with E-state index >= 15 is 0 Å². The lowest BCUT2D eigenvalue weighted by atomic mass is 9.44. The van der Waals surface area contributed by atoms with Crippen molar-refractivity contribution in [2.75, 3.05) is 6.61 Å². The maximum atomic E-state index is 11.6. The van der Waals surface area contributed by atoms with Gasteiger partial charge in [-0.3, -0.25) is 0 Å². The number of hydrogen-bond acceptors (Lipinski definition) is 2. The van der Waals surface area contributed by atoms with E-state index in [1.165, 1.54) is 69.8 Å². The molecule has 4 aliphatic carbocycles. The Morgan fingerprint density at radius 3 is 2.56 bits per heavy atom. The maximum Gasteiger partial charge on any atom is 0.331 e. The van der Waals surface area contributed by atoms with Crippen molar-refractivity contribution in [2.24, 2.45) is 40.4 Å². The van der Waals surface area contributed by atoms with Gasteiger partial charge in [0.2, 0.25) is 0 Å². The van der Waals surface area contributed by atoms with E-state index in [-0.39, 0.29) is 5.97 Å². The van der Waals surface area contributed by atoms with E-state index in [0.29, 0.717) is 23.4 Å². The van der Waals surface area contributed by atoms with Crippen LogP contribution in [0.4, 0.5) is 0 Å². The second kappa shape index (κ2) is 5.60. The third kappa shape index (κ3) is 2.24. The van der Waals surface area contributed by atoms with Gasteiger partial charge in [-0.05, 0) is 97.4 Å². The van der Waals surface area contributed by atoms with Crippen LogP contribution in [0, 0.1) is 40.4 Å². The number of cyclic esters (lactones) is 1. The van der Waals surface area contributed by atoms with Gasteiger partial charge in [-0.1, -0.05) is 26.7 Å². The number of carbonyl (C=O) groups is 1. The van der Waals surface area contributed by atoms with Crippen LogP contribution in [-0.2, 0) is 9.53 Å². The molecule has 5 rings (SSSR count). The molecule has 0 spiro atoms. The first-order valence-electron chi connectivity index (χ1n) is 10.9. The Hall–Kier alpha value is -0.790.